The minimum Gasteiger partial charge on any atom is -0.396 e. The van der Waals surface area contributed by atoms with Crippen LogP contribution in [0.2, 0.25) is 0 Å². The molecule has 6 aliphatic rings. The van der Waals surface area contributed by atoms with Gasteiger partial charge in [0.2, 0.25) is 0 Å². The molecule has 7 atom stereocenters. The van der Waals surface area contributed by atoms with Gasteiger partial charge in [-0.05, 0) is 73.5 Å². The van der Waals surface area contributed by atoms with Gasteiger partial charge in [0, 0.05) is 13.0 Å². The Bertz CT molecular complexity index is 627. The fraction of sp³-hybridized carbons (Fsp3) is 1.00. The van der Waals surface area contributed by atoms with Crippen LogP contribution < -0.4 is 0 Å². The van der Waals surface area contributed by atoms with E-state index in [2.05, 4.69) is 6.92 Å². The smallest absolute Gasteiger partial charge is 0.179 e. The molecule has 0 aromatic carbocycles. The molecule has 4 saturated carbocycles. The highest BCUT2D eigenvalue weighted by molar-refractivity contribution is 5.16. The van der Waals surface area contributed by atoms with E-state index in [9.17, 15) is 5.11 Å². The second-order valence-electron chi connectivity index (χ2n) is 11.1. The molecule has 6 rings (SSSR count). The zero-order chi connectivity index (χ0) is 19.7. The molecule has 29 heavy (non-hydrogen) atoms. The molecule has 0 aromatic heterocycles. The lowest BCUT2D eigenvalue weighted by Gasteiger charge is -2.64. The molecule has 0 aromatic rings. The van der Waals surface area contributed by atoms with Gasteiger partial charge in [0.1, 0.15) is 0 Å². The average molecular weight is 407 g/mol. The first-order valence-electron chi connectivity index (χ1n) is 12.3. The summed E-state index contributed by atoms with van der Waals surface area (Å²) in [6.07, 6.45) is 10.8. The highest BCUT2D eigenvalue weighted by Gasteiger charge is 2.73. The molecule has 6 fully saturated rings. The molecule has 164 valence electrons. The molecule has 5 nitrogen and oxygen atoms in total. The highest BCUT2D eigenvalue weighted by atomic mass is 16.8. The summed E-state index contributed by atoms with van der Waals surface area (Å²) in [7, 11) is 0. The minimum atomic E-state index is -0.551. The zero-order valence-electron chi connectivity index (χ0n) is 17.9. The maximum atomic E-state index is 10.5. The maximum Gasteiger partial charge on any atom is 0.179 e. The summed E-state index contributed by atoms with van der Waals surface area (Å²) in [5.74, 6) is 2.33. The number of rotatable bonds is 1. The highest BCUT2D eigenvalue weighted by Crippen LogP contribution is 2.72. The van der Waals surface area contributed by atoms with Crippen molar-refractivity contribution in [2.45, 2.75) is 76.8 Å². The molecule has 0 amide bonds. The van der Waals surface area contributed by atoms with Crippen LogP contribution in [0.5, 0.6) is 0 Å². The summed E-state index contributed by atoms with van der Waals surface area (Å²) >= 11 is 0. The van der Waals surface area contributed by atoms with Gasteiger partial charge in [0.05, 0.1) is 31.8 Å². The summed E-state index contributed by atoms with van der Waals surface area (Å²) in [4.78, 5) is 0. The van der Waals surface area contributed by atoms with Gasteiger partial charge in [0.25, 0.3) is 0 Å². The molecular weight excluding hydrogens is 368 g/mol. The van der Waals surface area contributed by atoms with E-state index in [0.717, 1.165) is 25.2 Å². The molecule has 5 heteroatoms. The summed E-state index contributed by atoms with van der Waals surface area (Å²) in [6.45, 7) is 5.26. The van der Waals surface area contributed by atoms with Gasteiger partial charge in [-0.2, -0.15) is 0 Å². The third kappa shape index (κ3) is 2.46. The normalized spacial score (nSPS) is 56.9. The van der Waals surface area contributed by atoms with Crippen LogP contribution in [0.25, 0.3) is 0 Å². The fourth-order valence-electron chi connectivity index (χ4n) is 9.34. The van der Waals surface area contributed by atoms with Gasteiger partial charge in [-0.25, -0.2) is 0 Å². The van der Waals surface area contributed by atoms with Gasteiger partial charge in [-0.3, -0.25) is 0 Å². The Morgan fingerprint density at radius 1 is 0.862 bits per heavy atom. The van der Waals surface area contributed by atoms with E-state index >= 15 is 0 Å². The van der Waals surface area contributed by atoms with Crippen LogP contribution >= 0.6 is 0 Å². The van der Waals surface area contributed by atoms with E-state index in [-0.39, 0.29) is 11.7 Å². The second kappa shape index (κ2) is 6.90. The first-order chi connectivity index (χ1) is 14.1. The molecule has 4 aliphatic carbocycles. The molecule has 0 radical (unpaired) electrons. The molecule has 1 spiro atoms. The number of hydrogen-bond donors (Lipinski definition) is 1. The van der Waals surface area contributed by atoms with Crippen LogP contribution in [0, 0.1) is 40.4 Å². The first kappa shape index (κ1) is 19.5. The third-order valence-corrected chi connectivity index (χ3v) is 10.4. The number of fused-ring (bicyclic) bond motifs is 4. The van der Waals surface area contributed by atoms with Gasteiger partial charge < -0.3 is 24.1 Å². The lowest BCUT2D eigenvalue weighted by atomic mass is 9.42. The molecule has 1 N–H and O–H groups in total. The Hall–Kier alpha value is -0.200. The Kier molecular flexibility index (Phi) is 4.63. The predicted octanol–water partition coefficient (Wildman–Crippen LogP) is 3.73. The van der Waals surface area contributed by atoms with Gasteiger partial charge >= 0.3 is 0 Å². The Morgan fingerprint density at radius 3 is 2.38 bits per heavy atom. The molecule has 2 saturated heterocycles. The Morgan fingerprint density at radius 2 is 1.62 bits per heavy atom. The largest absolute Gasteiger partial charge is 0.396 e. The topological polar surface area (TPSA) is 57.2 Å². The van der Waals surface area contributed by atoms with E-state index in [1.807, 2.05) is 0 Å². The maximum absolute atomic E-state index is 10.5. The van der Waals surface area contributed by atoms with Crippen LogP contribution in [0.4, 0.5) is 0 Å². The predicted molar refractivity (Wildman–Crippen MR) is 107 cm³/mol. The van der Waals surface area contributed by atoms with Crippen molar-refractivity contribution in [3.05, 3.63) is 0 Å². The number of ether oxygens (including phenoxy) is 4. The lowest BCUT2D eigenvalue weighted by Crippen LogP contribution is -2.64. The van der Waals surface area contributed by atoms with E-state index in [1.54, 1.807) is 0 Å². The van der Waals surface area contributed by atoms with Crippen LogP contribution in [0.1, 0.15) is 64.7 Å². The first-order valence-corrected chi connectivity index (χ1v) is 12.3. The summed E-state index contributed by atoms with van der Waals surface area (Å²) in [5.41, 5.74) is 0.220. The number of hydrogen-bond acceptors (Lipinski definition) is 5. The standard InChI is InChI=1S/C24H38O5/c1-22-7-3-2-4-17(22)14-16(15-25)20-18(22)5-8-23-19(20)6-9-24(23)28-12-10-26-21(23)27-11-13-29-24/h16-21,25H,2-15H2,1H3/t16?,17-,18+,19+,20-,21?,22+,23+,24?/m1/s1. The van der Waals surface area contributed by atoms with Crippen molar-refractivity contribution in [2.24, 2.45) is 40.4 Å². The lowest BCUT2D eigenvalue weighted by molar-refractivity contribution is -0.322. The van der Waals surface area contributed by atoms with Crippen LogP contribution in [0.3, 0.4) is 0 Å². The molecule has 2 aliphatic heterocycles. The van der Waals surface area contributed by atoms with Crippen molar-refractivity contribution >= 4 is 0 Å². The quantitative estimate of drug-likeness (QED) is 0.719. The molecule has 2 heterocycles. The van der Waals surface area contributed by atoms with E-state index in [1.165, 1.54) is 38.5 Å². The van der Waals surface area contributed by atoms with E-state index < -0.39 is 5.79 Å². The SMILES string of the molecule is C[C@]12CCCC[C@@H]1CC(CO)[C@@H]1[C@@H]2CC[C@]23C4OCCOC2(CC[C@@H]13)OCCO4. The third-order valence-electron chi connectivity index (χ3n) is 10.4. The number of aliphatic hydroxyl groups excluding tert-OH is 1. The van der Waals surface area contributed by atoms with Crippen molar-refractivity contribution in [1.82, 2.24) is 0 Å². The average Bonchev–Trinajstić information content (AvgIpc) is 2.90. The van der Waals surface area contributed by atoms with E-state index in [4.69, 9.17) is 18.9 Å². The Labute approximate surface area is 174 Å². The number of aliphatic hydroxyl groups is 1. The minimum absolute atomic E-state index is 0.216. The summed E-state index contributed by atoms with van der Waals surface area (Å²) in [6, 6.07) is 0. The van der Waals surface area contributed by atoms with Gasteiger partial charge in [-0.1, -0.05) is 19.8 Å². The van der Waals surface area contributed by atoms with Crippen LogP contribution in [-0.4, -0.2) is 50.2 Å². The van der Waals surface area contributed by atoms with Crippen molar-refractivity contribution in [3.8, 4) is 0 Å². The van der Waals surface area contributed by atoms with Crippen molar-refractivity contribution in [1.29, 1.82) is 0 Å². The Balaban J connectivity index is 1.44. The van der Waals surface area contributed by atoms with E-state index in [0.29, 0.717) is 62.1 Å². The summed E-state index contributed by atoms with van der Waals surface area (Å²) < 4.78 is 25.7. The molecular formula is C24H38O5. The van der Waals surface area contributed by atoms with Crippen molar-refractivity contribution in [2.75, 3.05) is 33.0 Å². The van der Waals surface area contributed by atoms with Crippen LogP contribution in [0.15, 0.2) is 0 Å². The fourth-order valence-corrected chi connectivity index (χ4v) is 9.34. The molecule has 2 bridgehead atoms. The monoisotopic (exact) mass is 406 g/mol. The van der Waals surface area contributed by atoms with Crippen molar-refractivity contribution < 1.29 is 24.1 Å². The molecule has 1 unspecified atom stereocenters. The zero-order valence-corrected chi connectivity index (χ0v) is 17.9. The van der Waals surface area contributed by atoms with Gasteiger partial charge in [-0.15, -0.1) is 0 Å². The van der Waals surface area contributed by atoms with Crippen LogP contribution in [-0.2, 0) is 18.9 Å². The summed E-state index contributed by atoms with van der Waals surface area (Å²) in [5, 5.41) is 10.5. The van der Waals surface area contributed by atoms with Crippen molar-refractivity contribution in [3.63, 3.8) is 0 Å². The second-order valence-corrected chi connectivity index (χ2v) is 11.1. The van der Waals surface area contributed by atoms with Gasteiger partial charge in [0.15, 0.2) is 12.1 Å².